The van der Waals surface area contributed by atoms with Gasteiger partial charge in [0.2, 0.25) is 0 Å². The van der Waals surface area contributed by atoms with Crippen LogP contribution in [-0.4, -0.2) is 19.5 Å². The number of hydrogen-bond acceptors (Lipinski definition) is 4. The van der Waals surface area contributed by atoms with Gasteiger partial charge in [-0.15, -0.1) is 0 Å². The number of aryl methyl sites for hydroxylation is 2. The number of alkyl halides is 2. The highest BCUT2D eigenvalue weighted by Gasteiger charge is 2.32. The van der Waals surface area contributed by atoms with Crippen molar-refractivity contribution in [1.29, 1.82) is 0 Å². The van der Waals surface area contributed by atoms with Crippen molar-refractivity contribution in [2.45, 2.75) is 57.9 Å². The van der Waals surface area contributed by atoms with Gasteiger partial charge in [-0.3, -0.25) is 19.3 Å². The minimum absolute atomic E-state index is 0.00933. The highest BCUT2D eigenvalue weighted by molar-refractivity contribution is 5.71. The zero-order valence-electron chi connectivity index (χ0n) is 19.5. The molecule has 1 aromatic carbocycles. The second-order valence-corrected chi connectivity index (χ2v) is 9.23. The average Bonchev–Trinajstić information content (AvgIpc) is 3.30. The molecule has 35 heavy (non-hydrogen) atoms. The molecule has 0 radical (unpaired) electrons. The lowest BCUT2D eigenvalue weighted by Gasteiger charge is -2.17. The van der Waals surface area contributed by atoms with E-state index in [2.05, 4.69) is 15.0 Å². The van der Waals surface area contributed by atoms with Crippen LogP contribution in [0.5, 0.6) is 0 Å². The van der Waals surface area contributed by atoms with Gasteiger partial charge in [0.1, 0.15) is 11.3 Å². The first-order valence-electron chi connectivity index (χ1n) is 11.7. The smallest absolute Gasteiger partial charge is 0.265 e. The fourth-order valence-electron chi connectivity index (χ4n) is 5.29. The topological polar surface area (TPSA) is 60.7 Å². The Bertz CT molecular complexity index is 1450. The molecule has 0 N–H and O–H groups in total. The second kappa shape index (κ2) is 9.24. The predicted octanol–water partition coefficient (Wildman–Crippen LogP) is 5.98. The minimum Gasteiger partial charge on any atom is -0.285 e. The first kappa shape index (κ1) is 23.2. The molecule has 0 saturated heterocycles. The van der Waals surface area contributed by atoms with Crippen LogP contribution in [0.3, 0.4) is 0 Å². The number of halogens is 3. The molecule has 5 rings (SSSR count). The molecular weight excluding hydrogens is 453 g/mol. The lowest BCUT2D eigenvalue weighted by Crippen LogP contribution is -2.27. The number of pyridine rings is 2. The van der Waals surface area contributed by atoms with Crippen LogP contribution in [0.2, 0.25) is 0 Å². The Balaban J connectivity index is 1.59. The third-order valence-electron chi connectivity index (χ3n) is 6.96. The molecule has 1 saturated carbocycles. The van der Waals surface area contributed by atoms with Crippen molar-refractivity contribution in [3.63, 3.8) is 0 Å². The van der Waals surface area contributed by atoms with Crippen LogP contribution in [0, 0.1) is 19.7 Å². The third-order valence-corrected chi connectivity index (χ3v) is 6.96. The van der Waals surface area contributed by atoms with Crippen molar-refractivity contribution in [3.05, 3.63) is 98.6 Å². The Kier molecular flexibility index (Phi) is 6.13. The summed E-state index contributed by atoms with van der Waals surface area (Å²) < 4.78 is 43.3. The number of aromatic nitrogens is 4. The van der Waals surface area contributed by atoms with Crippen LogP contribution in [0.15, 0.2) is 53.6 Å². The number of benzene rings is 1. The maximum atomic E-state index is 14.6. The standard InChI is InChI=1S/C27H25F3N4O/c1-15-5-3-7-21(28)24(15)18-9-8-17(11-18)20-12-22-26(33-16(2)13-32-22)34(27(20)35)14-23-19(25(29)30)6-4-10-31-23/h3-7,10,12-13,17-18,25H,8-9,11,14H2,1-2H3. The molecule has 3 heterocycles. The van der Waals surface area contributed by atoms with Crippen molar-refractivity contribution < 1.29 is 13.2 Å². The molecule has 1 aliphatic rings. The van der Waals surface area contributed by atoms with Crippen LogP contribution in [0.1, 0.15) is 71.2 Å². The SMILES string of the molecule is Cc1cnc2cc(C3CCC(c4c(C)cccc4F)C3)c(=O)n(Cc3ncccc3C(F)F)c2n1. The molecule has 3 aromatic heterocycles. The van der Waals surface area contributed by atoms with Crippen LogP contribution >= 0.6 is 0 Å². The predicted molar refractivity (Wildman–Crippen MR) is 127 cm³/mol. The maximum absolute atomic E-state index is 14.6. The van der Waals surface area contributed by atoms with E-state index < -0.39 is 6.43 Å². The van der Waals surface area contributed by atoms with Gasteiger partial charge in [0, 0.05) is 23.5 Å². The van der Waals surface area contributed by atoms with E-state index in [0.29, 0.717) is 34.4 Å². The maximum Gasteiger partial charge on any atom is 0.265 e. The Morgan fingerprint density at radius 3 is 2.66 bits per heavy atom. The summed E-state index contributed by atoms with van der Waals surface area (Å²) in [6.45, 7) is 3.53. The van der Waals surface area contributed by atoms with E-state index in [1.54, 1.807) is 25.3 Å². The summed E-state index contributed by atoms with van der Waals surface area (Å²) in [6, 6.07) is 9.61. The molecule has 4 aromatic rings. The summed E-state index contributed by atoms with van der Waals surface area (Å²) in [5.74, 6) is -0.304. The Labute approximate surface area is 200 Å². The molecule has 2 atom stereocenters. The zero-order chi connectivity index (χ0) is 24.7. The van der Waals surface area contributed by atoms with Crippen molar-refractivity contribution in [2.24, 2.45) is 0 Å². The lowest BCUT2D eigenvalue weighted by atomic mass is 9.90. The highest BCUT2D eigenvalue weighted by Crippen LogP contribution is 2.44. The largest absolute Gasteiger partial charge is 0.285 e. The number of nitrogens with zero attached hydrogens (tertiary/aromatic N) is 4. The fraction of sp³-hybridized carbons (Fsp3) is 0.333. The molecule has 5 nitrogen and oxygen atoms in total. The van der Waals surface area contributed by atoms with Gasteiger partial charge in [0.05, 0.1) is 17.9 Å². The van der Waals surface area contributed by atoms with Crippen LogP contribution in [0.25, 0.3) is 11.2 Å². The van der Waals surface area contributed by atoms with Gasteiger partial charge in [0.15, 0.2) is 5.65 Å². The zero-order valence-corrected chi connectivity index (χ0v) is 19.5. The number of rotatable bonds is 5. The van der Waals surface area contributed by atoms with Gasteiger partial charge < -0.3 is 0 Å². The molecule has 2 unspecified atom stereocenters. The van der Waals surface area contributed by atoms with Crippen molar-refractivity contribution >= 4 is 11.2 Å². The first-order chi connectivity index (χ1) is 16.8. The van der Waals surface area contributed by atoms with E-state index in [-0.39, 0.29) is 41.0 Å². The summed E-state index contributed by atoms with van der Waals surface area (Å²) in [5, 5.41) is 0. The fourth-order valence-corrected chi connectivity index (χ4v) is 5.29. The second-order valence-electron chi connectivity index (χ2n) is 9.23. The molecule has 0 spiro atoms. The van der Waals surface area contributed by atoms with Crippen molar-refractivity contribution in [1.82, 2.24) is 19.5 Å². The summed E-state index contributed by atoms with van der Waals surface area (Å²) in [7, 11) is 0. The van der Waals surface area contributed by atoms with Crippen molar-refractivity contribution in [2.75, 3.05) is 0 Å². The summed E-state index contributed by atoms with van der Waals surface area (Å²) in [5.41, 5.74) is 3.26. The van der Waals surface area contributed by atoms with E-state index in [9.17, 15) is 18.0 Å². The monoisotopic (exact) mass is 478 g/mol. The molecule has 8 heteroatoms. The van der Waals surface area contributed by atoms with Gasteiger partial charge in [0.25, 0.3) is 12.0 Å². The van der Waals surface area contributed by atoms with Crippen LogP contribution in [0.4, 0.5) is 13.2 Å². The summed E-state index contributed by atoms with van der Waals surface area (Å²) in [6.07, 6.45) is 2.47. The van der Waals surface area contributed by atoms with E-state index in [0.717, 1.165) is 18.4 Å². The van der Waals surface area contributed by atoms with Crippen LogP contribution < -0.4 is 5.56 Å². The molecule has 0 bridgehead atoms. The van der Waals surface area contributed by atoms with E-state index in [4.69, 9.17) is 0 Å². The lowest BCUT2D eigenvalue weighted by molar-refractivity contribution is 0.149. The molecular formula is C27H25F3N4O. The normalized spacial score (nSPS) is 18.0. The molecule has 180 valence electrons. The Morgan fingerprint density at radius 1 is 1.09 bits per heavy atom. The van der Waals surface area contributed by atoms with Gasteiger partial charge in [-0.05, 0) is 80.3 Å². The minimum atomic E-state index is -2.71. The summed E-state index contributed by atoms with van der Waals surface area (Å²) >= 11 is 0. The van der Waals surface area contributed by atoms with Gasteiger partial charge in [-0.1, -0.05) is 12.1 Å². The average molecular weight is 479 g/mol. The quantitative estimate of drug-likeness (QED) is 0.354. The van der Waals surface area contributed by atoms with E-state index in [1.165, 1.54) is 29.0 Å². The van der Waals surface area contributed by atoms with Gasteiger partial charge >= 0.3 is 0 Å². The molecule has 1 aliphatic carbocycles. The van der Waals surface area contributed by atoms with E-state index >= 15 is 0 Å². The van der Waals surface area contributed by atoms with Gasteiger partial charge in [-0.25, -0.2) is 18.2 Å². The number of hydrogen-bond donors (Lipinski definition) is 0. The Morgan fingerprint density at radius 2 is 1.89 bits per heavy atom. The van der Waals surface area contributed by atoms with Gasteiger partial charge in [-0.2, -0.15) is 0 Å². The molecule has 1 fully saturated rings. The molecule has 0 amide bonds. The van der Waals surface area contributed by atoms with E-state index in [1.807, 2.05) is 13.0 Å². The van der Waals surface area contributed by atoms with Crippen molar-refractivity contribution in [3.8, 4) is 0 Å². The molecule has 0 aliphatic heterocycles. The van der Waals surface area contributed by atoms with Crippen LogP contribution in [-0.2, 0) is 6.54 Å². The number of fused-ring (bicyclic) bond motifs is 1. The first-order valence-corrected chi connectivity index (χ1v) is 11.7. The summed E-state index contributed by atoms with van der Waals surface area (Å²) in [4.78, 5) is 26.8. The Hall–Kier alpha value is -3.55. The highest BCUT2D eigenvalue weighted by atomic mass is 19.3. The third kappa shape index (κ3) is 4.33.